The molecule has 4 nitrogen and oxygen atoms in total. The highest BCUT2D eigenvalue weighted by molar-refractivity contribution is 5.90. The van der Waals surface area contributed by atoms with Gasteiger partial charge in [0, 0.05) is 24.9 Å². The van der Waals surface area contributed by atoms with Crippen LogP contribution in [0.1, 0.15) is 65.1 Å². The van der Waals surface area contributed by atoms with Crippen molar-refractivity contribution in [2.24, 2.45) is 28.6 Å². The van der Waals surface area contributed by atoms with Crippen molar-refractivity contribution in [2.45, 2.75) is 65.3 Å². The van der Waals surface area contributed by atoms with Crippen molar-refractivity contribution in [1.82, 2.24) is 14.9 Å². The minimum Gasteiger partial charge on any atom is -0.345 e. The van der Waals surface area contributed by atoms with Crippen LogP contribution in [-0.4, -0.2) is 33.9 Å². The number of hydrogen-bond donors (Lipinski definition) is 1. The highest BCUT2D eigenvalue weighted by Crippen LogP contribution is 2.65. The van der Waals surface area contributed by atoms with E-state index in [0.717, 1.165) is 18.2 Å². The number of rotatable bonds is 1. The third-order valence-electron chi connectivity index (χ3n) is 9.05. The summed E-state index contributed by atoms with van der Waals surface area (Å²) in [4.78, 5) is 22.5. The van der Waals surface area contributed by atoms with Crippen molar-refractivity contribution in [3.63, 3.8) is 0 Å². The van der Waals surface area contributed by atoms with Crippen LogP contribution in [0.3, 0.4) is 0 Å². The number of carbonyl (C=O) groups is 1. The monoisotopic (exact) mass is 379 g/mol. The first-order valence-electron chi connectivity index (χ1n) is 11.0. The Morgan fingerprint density at radius 2 is 2.07 bits per heavy atom. The van der Waals surface area contributed by atoms with Crippen LogP contribution in [-0.2, 0) is 4.79 Å². The molecule has 0 unspecified atom stereocenters. The van der Waals surface area contributed by atoms with Crippen LogP contribution in [0.25, 0.3) is 5.57 Å². The Morgan fingerprint density at radius 1 is 1.25 bits per heavy atom. The molecule has 3 aliphatic carbocycles. The Kier molecular flexibility index (Phi) is 3.95. The zero-order valence-electron chi connectivity index (χ0n) is 17.7. The van der Waals surface area contributed by atoms with E-state index in [4.69, 9.17) is 0 Å². The standard InChI is InChI=1S/C24H33N3O/c1-15(22-25-12-13-26-22)16-14-17-18-6-5-9-23(18,2)10-7-19(17)24(3)11-8-20(28)27(4)21(16)24/h8,11-13,17-19,21H,5-7,9-10,14H2,1-4H3,(H,25,26)/t17-,18-,19-,21+,23-,24+/m0/s1. The number of aromatic amines is 1. The highest BCUT2D eigenvalue weighted by atomic mass is 16.2. The lowest BCUT2D eigenvalue weighted by molar-refractivity contribution is -0.133. The molecule has 0 aromatic carbocycles. The highest BCUT2D eigenvalue weighted by Gasteiger charge is 2.59. The van der Waals surface area contributed by atoms with Gasteiger partial charge in [-0.25, -0.2) is 4.98 Å². The van der Waals surface area contributed by atoms with Crippen molar-refractivity contribution in [3.8, 4) is 0 Å². The molecule has 1 amide bonds. The number of H-pyrrole nitrogens is 1. The summed E-state index contributed by atoms with van der Waals surface area (Å²) in [6.07, 6.45) is 15.7. The molecule has 3 saturated carbocycles. The summed E-state index contributed by atoms with van der Waals surface area (Å²) in [5.41, 5.74) is 3.20. The van der Waals surface area contributed by atoms with Crippen LogP contribution >= 0.6 is 0 Å². The fourth-order valence-corrected chi connectivity index (χ4v) is 7.62. The van der Waals surface area contributed by atoms with Gasteiger partial charge >= 0.3 is 0 Å². The maximum Gasteiger partial charge on any atom is 0.246 e. The number of imidazole rings is 1. The lowest BCUT2D eigenvalue weighted by atomic mass is 9.47. The van der Waals surface area contributed by atoms with Crippen molar-refractivity contribution in [2.75, 3.05) is 7.05 Å². The van der Waals surface area contributed by atoms with E-state index >= 15 is 0 Å². The SMILES string of the molecule is CC(=C1C[C@H]2[C@@H]3CCC[C@@]3(C)CC[C@@H]2[C@@]2(C)C=CC(=O)N(C)[C@H]12)c1ncc[nH]1. The third-order valence-corrected chi connectivity index (χ3v) is 9.05. The molecule has 4 aliphatic rings. The molecule has 150 valence electrons. The quantitative estimate of drug-likeness (QED) is 0.760. The number of nitrogens with zero attached hydrogens (tertiary/aromatic N) is 2. The number of fused-ring (bicyclic) bond motifs is 5. The number of nitrogens with one attached hydrogen (secondary N) is 1. The van der Waals surface area contributed by atoms with Crippen LogP contribution in [0.4, 0.5) is 0 Å². The topological polar surface area (TPSA) is 49.0 Å². The zero-order valence-corrected chi connectivity index (χ0v) is 17.7. The lowest BCUT2D eigenvalue weighted by Gasteiger charge is -2.60. The van der Waals surface area contributed by atoms with Gasteiger partial charge in [-0.15, -0.1) is 0 Å². The average molecular weight is 380 g/mol. The van der Waals surface area contributed by atoms with E-state index in [9.17, 15) is 4.79 Å². The van der Waals surface area contributed by atoms with Crippen molar-refractivity contribution in [3.05, 3.63) is 35.9 Å². The Labute approximate surface area is 168 Å². The largest absolute Gasteiger partial charge is 0.345 e. The predicted molar refractivity (Wildman–Crippen MR) is 111 cm³/mol. The molecular weight excluding hydrogens is 346 g/mol. The number of hydrogen-bond acceptors (Lipinski definition) is 2. The van der Waals surface area contributed by atoms with E-state index in [1.165, 1.54) is 43.3 Å². The Balaban J connectivity index is 1.67. The average Bonchev–Trinajstić information content (AvgIpc) is 3.33. The maximum absolute atomic E-state index is 12.6. The normalized spacial score (nSPS) is 44.1. The third kappa shape index (κ3) is 2.36. The molecule has 4 heteroatoms. The first-order valence-corrected chi connectivity index (χ1v) is 11.0. The summed E-state index contributed by atoms with van der Waals surface area (Å²) < 4.78 is 0. The number of allylic oxidation sites excluding steroid dienone is 1. The van der Waals surface area contributed by atoms with Crippen LogP contribution in [0, 0.1) is 28.6 Å². The van der Waals surface area contributed by atoms with Gasteiger partial charge in [0.05, 0.1) is 6.04 Å². The smallest absolute Gasteiger partial charge is 0.246 e. The summed E-state index contributed by atoms with van der Waals surface area (Å²) in [5, 5.41) is 0. The van der Waals surface area contributed by atoms with E-state index in [-0.39, 0.29) is 17.4 Å². The van der Waals surface area contributed by atoms with Crippen LogP contribution in [0.5, 0.6) is 0 Å². The zero-order chi connectivity index (χ0) is 19.7. The van der Waals surface area contributed by atoms with Gasteiger partial charge in [0.25, 0.3) is 0 Å². The van der Waals surface area contributed by atoms with Gasteiger partial charge in [0.15, 0.2) is 0 Å². The van der Waals surface area contributed by atoms with Gasteiger partial charge < -0.3 is 9.88 Å². The van der Waals surface area contributed by atoms with Crippen molar-refractivity contribution < 1.29 is 4.79 Å². The van der Waals surface area contributed by atoms with Gasteiger partial charge in [-0.2, -0.15) is 0 Å². The predicted octanol–water partition coefficient (Wildman–Crippen LogP) is 4.82. The van der Waals surface area contributed by atoms with E-state index < -0.39 is 0 Å². The minimum absolute atomic E-state index is 0.0126. The Hall–Kier alpha value is -1.84. The molecule has 1 aromatic rings. The van der Waals surface area contributed by atoms with Gasteiger partial charge in [0.1, 0.15) is 5.82 Å². The molecule has 0 bridgehead atoms. The van der Waals surface area contributed by atoms with Gasteiger partial charge in [-0.05, 0) is 79.4 Å². The van der Waals surface area contributed by atoms with Crippen molar-refractivity contribution >= 4 is 11.5 Å². The molecule has 0 spiro atoms. The molecule has 0 radical (unpaired) electrons. The summed E-state index contributed by atoms with van der Waals surface area (Å²) in [5.74, 6) is 3.28. The second-order valence-electron chi connectivity index (χ2n) is 10.3. The molecule has 5 rings (SSSR count). The van der Waals surface area contributed by atoms with Crippen LogP contribution < -0.4 is 0 Å². The molecule has 0 saturated heterocycles. The van der Waals surface area contributed by atoms with Gasteiger partial charge in [-0.1, -0.05) is 26.3 Å². The van der Waals surface area contributed by atoms with E-state index in [1.54, 1.807) is 0 Å². The minimum atomic E-state index is 0.0126. The van der Waals surface area contributed by atoms with Crippen LogP contribution in [0.15, 0.2) is 30.1 Å². The summed E-state index contributed by atoms with van der Waals surface area (Å²) in [7, 11) is 1.99. The number of likely N-dealkylation sites (N-methyl/N-ethyl adjacent to an activating group) is 1. The summed E-state index contributed by atoms with van der Waals surface area (Å²) >= 11 is 0. The van der Waals surface area contributed by atoms with E-state index in [1.807, 2.05) is 30.4 Å². The molecule has 6 atom stereocenters. The first-order chi connectivity index (χ1) is 13.3. The summed E-state index contributed by atoms with van der Waals surface area (Å²) in [6, 6.07) is 0.141. The van der Waals surface area contributed by atoms with Crippen LogP contribution in [0.2, 0.25) is 0 Å². The molecule has 28 heavy (non-hydrogen) atoms. The second kappa shape index (κ2) is 6.08. The molecule has 3 fully saturated rings. The molecule has 1 aromatic heterocycles. The fourth-order valence-electron chi connectivity index (χ4n) is 7.62. The van der Waals surface area contributed by atoms with E-state index in [2.05, 4.69) is 36.8 Å². The molecule has 2 heterocycles. The summed E-state index contributed by atoms with van der Waals surface area (Å²) in [6.45, 7) is 7.16. The van der Waals surface area contributed by atoms with Gasteiger partial charge in [-0.3, -0.25) is 4.79 Å². The van der Waals surface area contributed by atoms with E-state index in [0.29, 0.717) is 17.3 Å². The molecule has 1 N–H and O–H groups in total. The Bertz CT molecular complexity index is 853. The number of aromatic nitrogens is 2. The Morgan fingerprint density at radius 3 is 2.82 bits per heavy atom. The maximum atomic E-state index is 12.6. The number of amides is 1. The van der Waals surface area contributed by atoms with Gasteiger partial charge in [0.2, 0.25) is 5.91 Å². The molecular formula is C24H33N3O. The van der Waals surface area contributed by atoms with Crippen molar-refractivity contribution in [1.29, 1.82) is 0 Å². The second-order valence-corrected chi connectivity index (χ2v) is 10.3. The first kappa shape index (κ1) is 18.2. The fraction of sp³-hybridized carbons (Fsp3) is 0.667. The number of carbonyl (C=O) groups excluding carboxylic acids is 1. The molecule has 1 aliphatic heterocycles. The lowest BCUT2D eigenvalue weighted by Crippen LogP contribution is -2.60.